The Balaban J connectivity index is 1.93. The van der Waals surface area contributed by atoms with Crippen molar-refractivity contribution in [2.75, 3.05) is 13.1 Å². The molecule has 0 radical (unpaired) electrons. The highest BCUT2D eigenvalue weighted by Gasteiger charge is 2.19. The number of aryl methyl sites for hydroxylation is 1. The molecule has 1 amide bonds. The third-order valence-corrected chi connectivity index (χ3v) is 2.46. The number of carbonyl (C=O) groups is 1. The molecule has 0 N–H and O–H groups in total. The number of hydrogen-bond acceptors (Lipinski definition) is 3. The Hall–Kier alpha value is -1.32. The minimum absolute atomic E-state index is 0.152. The zero-order valence-electron chi connectivity index (χ0n) is 8.32. The van der Waals surface area contributed by atoms with Gasteiger partial charge < -0.3 is 9.42 Å². The second kappa shape index (κ2) is 3.82. The Labute approximate surface area is 82.9 Å². The fourth-order valence-corrected chi connectivity index (χ4v) is 1.73. The molecule has 4 heteroatoms. The molecule has 0 unspecified atom stereocenters. The van der Waals surface area contributed by atoms with Crippen LogP contribution in [0.3, 0.4) is 0 Å². The number of hydrogen-bond donors (Lipinski definition) is 0. The number of aromatic nitrogens is 1. The molecule has 2 rings (SSSR count). The second-order valence-corrected chi connectivity index (χ2v) is 3.70. The minimum atomic E-state index is 0.152. The molecule has 0 bridgehead atoms. The molecule has 1 saturated heterocycles. The molecule has 1 aromatic rings. The number of nitrogens with zero attached hydrogens (tertiary/aromatic N) is 2. The first-order chi connectivity index (χ1) is 6.75. The molecular weight excluding hydrogens is 180 g/mol. The Morgan fingerprint density at radius 2 is 2.29 bits per heavy atom. The van der Waals surface area contributed by atoms with Crippen molar-refractivity contribution in [2.45, 2.75) is 26.2 Å². The van der Waals surface area contributed by atoms with E-state index in [1.54, 1.807) is 0 Å². The van der Waals surface area contributed by atoms with E-state index >= 15 is 0 Å². The predicted octanol–water partition coefficient (Wildman–Crippen LogP) is 1.15. The number of rotatable bonds is 2. The predicted molar refractivity (Wildman–Crippen MR) is 50.8 cm³/mol. The van der Waals surface area contributed by atoms with Crippen molar-refractivity contribution in [3.8, 4) is 0 Å². The normalized spacial score (nSPS) is 16.2. The zero-order chi connectivity index (χ0) is 9.97. The van der Waals surface area contributed by atoms with Crippen molar-refractivity contribution < 1.29 is 9.32 Å². The van der Waals surface area contributed by atoms with Crippen LogP contribution < -0.4 is 0 Å². The average molecular weight is 194 g/mol. The first-order valence-corrected chi connectivity index (χ1v) is 4.95. The van der Waals surface area contributed by atoms with E-state index in [-0.39, 0.29) is 5.91 Å². The van der Waals surface area contributed by atoms with E-state index in [9.17, 15) is 4.79 Å². The van der Waals surface area contributed by atoms with Gasteiger partial charge in [0.25, 0.3) is 0 Å². The first kappa shape index (κ1) is 9.24. The Kier molecular flexibility index (Phi) is 2.52. The fourth-order valence-electron chi connectivity index (χ4n) is 1.73. The molecule has 0 atom stereocenters. The van der Waals surface area contributed by atoms with Crippen LogP contribution in [0.5, 0.6) is 0 Å². The van der Waals surface area contributed by atoms with Gasteiger partial charge in [0.2, 0.25) is 5.91 Å². The van der Waals surface area contributed by atoms with Crippen LogP contribution in [0.25, 0.3) is 0 Å². The van der Waals surface area contributed by atoms with Gasteiger partial charge in [-0.05, 0) is 19.8 Å². The quantitative estimate of drug-likeness (QED) is 0.709. The summed E-state index contributed by atoms with van der Waals surface area (Å²) in [5.41, 5.74) is 0.828. The largest absolute Gasteiger partial charge is 0.361 e. The van der Waals surface area contributed by atoms with E-state index in [4.69, 9.17) is 4.52 Å². The molecule has 4 nitrogen and oxygen atoms in total. The van der Waals surface area contributed by atoms with Gasteiger partial charge in [-0.15, -0.1) is 0 Å². The lowest BCUT2D eigenvalue weighted by atomic mass is 10.3. The maximum Gasteiger partial charge on any atom is 0.230 e. The number of likely N-dealkylation sites (tertiary alicyclic amines) is 1. The Bertz CT molecular complexity index is 327. The van der Waals surface area contributed by atoms with Crippen LogP contribution in [-0.2, 0) is 11.2 Å². The summed E-state index contributed by atoms with van der Waals surface area (Å²) in [5.74, 6) is 0.818. The minimum Gasteiger partial charge on any atom is -0.361 e. The van der Waals surface area contributed by atoms with E-state index in [0.717, 1.165) is 31.6 Å². The summed E-state index contributed by atoms with van der Waals surface area (Å²) in [5, 5.41) is 3.75. The van der Waals surface area contributed by atoms with E-state index in [1.165, 1.54) is 0 Å². The van der Waals surface area contributed by atoms with Crippen LogP contribution in [0.2, 0.25) is 0 Å². The van der Waals surface area contributed by atoms with Crippen molar-refractivity contribution in [1.82, 2.24) is 10.1 Å². The number of carbonyl (C=O) groups excluding carboxylic acids is 1. The molecule has 1 aliphatic rings. The summed E-state index contributed by atoms with van der Waals surface area (Å²) >= 11 is 0. The fraction of sp³-hybridized carbons (Fsp3) is 0.600. The van der Waals surface area contributed by atoms with E-state index < -0.39 is 0 Å². The van der Waals surface area contributed by atoms with Gasteiger partial charge in [-0.1, -0.05) is 5.16 Å². The van der Waals surface area contributed by atoms with Gasteiger partial charge in [-0.3, -0.25) is 4.79 Å². The summed E-state index contributed by atoms with van der Waals surface area (Å²) in [6.07, 6.45) is 2.60. The Morgan fingerprint density at radius 3 is 2.86 bits per heavy atom. The van der Waals surface area contributed by atoms with Gasteiger partial charge in [-0.25, -0.2) is 0 Å². The lowest BCUT2D eigenvalue weighted by Crippen LogP contribution is -2.28. The highest BCUT2D eigenvalue weighted by molar-refractivity contribution is 5.78. The van der Waals surface area contributed by atoms with Crippen LogP contribution in [0.4, 0.5) is 0 Å². The van der Waals surface area contributed by atoms with E-state index in [0.29, 0.717) is 12.2 Å². The smallest absolute Gasteiger partial charge is 0.230 e. The maximum atomic E-state index is 11.7. The molecule has 1 aromatic heterocycles. The first-order valence-electron chi connectivity index (χ1n) is 4.95. The summed E-state index contributed by atoms with van der Waals surface area (Å²) in [6.45, 7) is 3.64. The summed E-state index contributed by atoms with van der Waals surface area (Å²) in [4.78, 5) is 13.5. The highest BCUT2D eigenvalue weighted by atomic mass is 16.5. The molecule has 0 saturated carbocycles. The topological polar surface area (TPSA) is 46.3 Å². The molecule has 2 heterocycles. The molecule has 0 aliphatic carbocycles. The molecular formula is C10H14N2O2. The van der Waals surface area contributed by atoms with E-state index in [1.807, 2.05) is 17.9 Å². The van der Waals surface area contributed by atoms with Gasteiger partial charge in [0.1, 0.15) is 5.76 Å². The average Bonchev–Trinajstić information content (AvgIpc) is 2.75. The highest BCUT2D eigenvalue weighted by Crippen LogP contribution is 2.11. The van der Waals surface area contributed by atoms with Gasteiger partial charge in [0, 0.05) is 19.2 Å². The van der Waals surface area contributed by atoms with Crippen LogP contribution in [0.1, 0.15) is 24.3 Å². The van der Waals surface area contributed by atoms with Crippen LogP contribution in [0, 0.1) is 6.92 Å². The van der Waals surface area contributed by atoms with Crippen LogP contribution >= 0.6 is 0 Å². The molecule has 0 aromatic carbocycles. The van der Waals surface area contributed by atoms with Crippen molar-refractivity contribution in [3.63, 3.8) is 0 Å². The van der Waals surface area contributed by atoms with Crippen LogP contribution in [-0.4, -0.2) is 29.1 Å². The molecule has 1 fully saturated rings. The standard InChI is InChI=1S/C10H14N2O2/c1-8-6-9(14-11-8)7-10(13)12-4-2-3-5-12/h6H,2-5,7H2,1H3. The molecule has 0 spiro atoms. The molecule has 76 valence electrons. The Morgan fingerprint density at radius 1 is 1.57 bits per heavy atom. The van der Waals surface area contributed by atoms with Gasteiger partial charge in [0.15, 0.2) is 0 Å². The van der Waals surface area contributed by atoms with Crippen molar-refractivity contribution >= 4 is 5.91 Å². The summed E-state index contributed by atoms with van der Waals surface area (Å²) in [7, 11) is 0. The van der Waals surface area contributed by atoms with Crippen molar-refractivity contribution in [2.24, 2.45) is 0 Å². The van der Waals surface area contributed by atoms with Crippen molar-refractivity contribution in [1.29, 1.82) is 0 Å². The third kappa shape index (κ3) is 1.95. The SMILES string of the molecule is Cc1cc(CC(=O)N2CCCC2)on1. The summed E-state index contributed by atoms with van der Waals surface area (Å²) < 4.78 is 5.00. The zero-order valence-corrected chi connectivity index (χ0v) is 8.32. The monoisotopic (exact) mass is 194 g/mol. The lowest BCUT2D eigenvalue weighted by molar-refractivity contribution is -0.129. The second-order valence-electron chi connectivity index (χ2n) is 3.70. The third-order valence-electron chi connectivity index (χ3n) is 2.46. The summed E-state index contributed by atoms with van der Waals surface area (Å²) in [6, 6.07) is 1.81. The van der Waals surface area contributed by atoms with Gasteiger partial charge in [0.05, 0.1) is 12.1 Å². The van der Waals surface area contributed by atoms with Crippen LogP contribution in [0.15, 0.2) is 10.6 Å². The maximum absolute atomic E-state index is 11.7. The lowest BCUT2D eigenvalue weighted by Gasteiger charge is -2.13. The van der Waals surface area contributed by atoms with E-state index in [2.05, 4.69) is 5.16 Å². The van der Waals surface area contributed by atoms with Gasteiger partial charge >= 0.3 is 0 Å². The van der Waals surface area contributed by atoms with Gasteiger partial charge in [-0.2, -0.15) is 0 Å². The van der Waals surface area contributed by atoms with Crippen molar-refractivity contribution in [3.05, 3.63) is 17.5 Å². The number of amides is 1. The molecule has 14 heavy (non-hydrogen) atoms. The molecule has 1 aliphatic heterocycles.